The number of hydrogen-bond acceptors (Lipinski definition) is 4. The van der Waals surface area contributed by atoms with E-state index in [9.17, 15) is 0 Å². The van der Waals surface area contributed by atoms with Crippen LogP contribution >= 0.6 is 12.2 Å². The first-order valence-electron chi connectivity index (χ1n) is 10.1. The zero-order valence-electron chi connectivity index (χ0n) is 16.7. The molecule has 2 aromatic carbocycles. The molecule has 0 N–H and O–H groups in total. The molecule has 1 aromatic heterocycles. The van der Waals surface area contributed by atoms with E-state index in [2.05, 4.69) is 63.4 Å². The minimum atomic E-state index is 0.661. The Morgan fingerprint density at radius 2 is 1.52 bits per heavy atom. The SMILES string of the molecule is C=CCn1c(-c2ccccc2)nn(CN2CCN(Cc3ccccc3)CC2)c1=S. The second-order valence-electron chi connectivity index (χ2n) is 7.39. The summed E-state index contributed by atoms with van der Waals surface area (Å²) in [6.45, 7) is 10.4. The zero-order chi connectivity index (χ0) is 20.1. The minimum Gasteiger partial charge on any atom is -0.297 e. The Morgan fingerprint density at radius 3 is 2.17 bits per heavy atom. The molecule has 5 nitrogen and oxygen atoms in total. The van der Waals surface area contributed by atoms with E-state index in [4.69, 9.17) is 17.3 Å². The van der Waals surface area contributed by atoms with Crippen LogP contribution in [0.3, 0.4) is 0 Å². The fourth-order valence-electron chi connectivity index (χ4n) is 3.75. The number of nitrogens with zero attached hydrogens (tertiary/aromatic N) is 5. The van der Waals surface area contributed by atoms with Crippen LogP contribution in [0.15, 0.2) is 73.3 Å². The van der Waals surface area contributed by atoms with Crippen LogP contribution in [-0.2, 0) is 19.8 Å². The maximum Gasteiger partial charge on any atom is 0.199 e. The highest BCUT2D eigenvalue weighted by Gasteiger charge is 2.19. The third kappa shape index (κ3) is 4.72. The summed E-state index contributed by atoms with van der Waals surface area (Å²) in [5, 5.41) is 4.85. The van der Waals surface area contributed by atoms with E-state index < -0.39 is 0 Å². The third-order valence-corrected chi connectivity index (χ3v) is 5.75. The van der Waals surface area contributed by atoms with Crippen molar-refractivity contribution in [3.05, 3.63) is 83.7 Å². The Labute approximate surface area is 177 Å². The molecule has 1 fully saturated rings. The van der Waals surface area contributed by atoms with E-state index in [1.54, 1.807) is 0 Å². The molecule has 29 heavy (non-hydrogen) atoms. The molecule has 6 heteroatoms. The molecule has 0 aliphatic carbocycles. The molecule has 1 aliphatic heterocycles. The van der Waals surface area contributed by atoms with Crippen LogP contribution in [0.4, 0.5) is 0 Å². The maximum absolute atomic E-state index is 5.74. The number of aromatic nitrogens is 3. The van der Waals surface area contributed by atoms with Crippen LogP contribution in [0.1, 0.15) is 5.56 Å². The van der Waals surface area contributed by atoms with Crippen molar-refractivity contribution in [1.29, 1.82) is 0 Å². The van der Waals surface area contributed by atoms with Crippen molar-refractivity contribution in [3.63, 3.8) is 0 Å². The zero-order valence-corrected chi connectivity index (χ0v) is 17.5. The van der Waals surface area contributed by atoms with E-state index in [1.807, 2.05) is 29.0 Å². The van der Waals surface area contributed by atoms with Gasteiger partial charge in [0.15, 0.2) is 10.6 Å². The molecule has 2 heterocycles. The number of allylic oxidation sites excluding steroid dienone is 1. The van der Waals surface area contributed by atoms with Gasteiger partial charge >= 0.3 is 0 Å². The van der Waals surface area contributed by atoms with Crippen molar-refractivity contribution in [3.8, 4) is 11.4 Å². The molecule has 0 spiro atoms. The number of benzene rings is 2. The van der Waals surface area contributed by atoms with Crippen molar-refractivity contribution < 1.29 is 0 Å². The molecular formula is C23H27N5S. The predicted octanol–water partition coefficient (Wildman–Crippen LogP) is 4.04. The van der Waals surface area contributed by atoms with E-state index in [1.165, 1.54) is 5.56 Å². The Morgan fingerprint density at radius 1 is 0.897 bits per heavy atom. The highest BCUT2D eigenvalue weighted by molar-refractivity contribution is 7.71. The molecule has 3 aromatic rings. The third-order valence-electron chi connectivity index (χ3n) is 5.31. The highest BCUT2D eigenvalue weighted by atomic mass is 32.1. The van der Waals surface area contributed by atoms with E-state index >= 15 is 0 Å². The largest absolute Gasteiger partial charge is 0.297 e. The summed E-state index contributed by atoms with van der Waals surface area (Å²) >= 11 is 5.74. The van der Waals surface area contributed by atoms with Crippen molar-refractivity contribution in [2.75, 3.05) is 26.2 Å². The van der Waals surface area contributed by atoms with Crippen molar-refractivity contribution in [2.45, 2.75) is 19.8 Å². The van der Waals surface area contributed by atoms with Gasteiger partial charge < -0.3 is 0 Å². The highest BCUT2D eigenvalue weighted by Crippen LogP contribution is 2.19. The van der Waals surface area contributed by atoms with E-state index in [0.717, 1.165) is 55.6 Å². The molecule has 150 valence electrons. The Bertz CT molecular complexity index is 985. The number of piperazine rings is 1. The fourth-order valence-corrected chi connectivity index (χ4v) is 4.01. The number of hydrogen-bond donors (Lipinski definition) is 0. The van der Waals surface area contributed by atoms with Gasteiger partial charge in [-0.2, -0.15) is 5.10 Å². The van der Waals surface area contributed by atoms with Gasteiger partial charge in [-0.3, -0.25) is 14.4 Å². The van der Waals surface area contributed by atoms with E-state index in [-0.39, 0.29) is 0 Å². The van der Waals surface area contributed by atoms with Gasteiger partial charge in [0.25, 0.3) is 0 Å². The summed E-state index contributed by atoms with van der Waals surface area (Å²) in [5.41, 5.74) is 2.45. The Kier molecular flexibility index (Phi) is 6.34. The molecule has 1 aliphatic rings. The lowest BCUT2D eigenvalue weighted by Gasteiger charge is -2.34. The first kappa shape index (κ1) is 19.8. The molecule has 0 atom stereocenters. The standard InChI is InChI=1S/C23H27N5S/c1-2-13-27-22(21-11-7-4-8-12-21)24-28(23(27)29)19-26-16-14-25(15-17-26)18-20-9-5-3-6-10-20/h2-12H,1,13-19H2. The van der Waals surface area contributed by atoms with Crippen LogP contribution in [0.2, 0.25) is 0 Å². The topological polar surface area (TPSA) is 29.2 Å². The molecule has 0 saturated carbocycles. The average Bonchev–Trinajstić information content (AvgIpc) is 3.07. The van der Waals surface area contributed by atoms with Crippen LogP contribution < -0.4 is 0 Å². The molecule has 0 amide bonds. The van der Waals surface area contributed by atoms with Gasteiger partial charge in [-0.1, -0.05) is 66.7 Å². The van der Waals surface area contributed by atoms with Gasteiger partial charge in [0.05, 0.1) is 6.67 Å². The lowest BCUT2D eigenvalue weighted by Crippen LogP contribution is -2.46. The maximum atomic E-state index is 5.74. The van der Waals surface area contributed by atoms with Crippen molar-refractivity contribution in [1.82, 2.24) is 24.1 Å². The summed E-state index contributed by atoms with van der Waals surface area (Å²) in [7, 11) is 0. The fraction of sp³-hybridized carbons (Fsp3) is 0.304. The Balaban J connectivity index is 1.44. The summed E-state index contributed by atoms with van der Waals surface area (Å²) in [6.07, 6.45) is 1.87. The Hall–Kier alpha value is -2.54. The van der Waals surface area contributed by atoms with Crippen LogP contribution in [0, 0.1) is 4.77 Å². The van der Waals surface area contributed by atoms with Gasteiger partial charge in [-0.15, -0.1) is 6.58 Å². The van der Waals surface area contributed by atoms with E-state index in [0.29, 0.717) is 6.54 Å². The van der Waals surface area contributed by atoms with Crippen LogP contribution in [-0.4, -0.2) is 50.3 Å². The lowest BCUT2D eigenvalue weighted by molar-refractivity contribution is 0.0981. The first-order chi connectivity index (χ1) is 14.2. The van der Waals surface area contributed by atoms with Gasteiger partial charge in [0.1, 0.15) is 0 Å². The van der Waals surface area contributed by atoms with Crippen LogP contribution in [0.25, 0.3) is 11.4 Å². The second kappa shape index (κ2) is 9.31. The second-order valence-corrected chi connectivity index (χ2v) is 7.76. The van der Waals surface area contributed by atoms with Gasteiger partial charge in [0, 0.05) is 44.8 Å². The average molecular weight is 406 g/mol. The number of rotatable bonds is 7. The molecule has 0 bridgehead atoms. The van der Waals surface area contributed by atoms with Crippen LogP contribution in [0.5, 0.6) is 0 Å². The smallest absolute Gasteiger partial charge is 0.199 e. The van der Waals surface area contributed by atoms with Gasteiger partial charge in [0.2, 0.25) is 0 Å². The molecule has 4 rings (SSSR count). The molecule has 0 unspecified atom stereocenters. The van der Waals surface area contributed by atoms with Crippen molar-refractivity contribution >= 4 is 12.2 Å². The predicted molar refractivity (Wildman–Crippen MR) is 120 cm³/mol. The monoisotopic (exact) mass is 405 g/mol. The van der Waals surface area contributed by atoms with Crippen molar-refractivity contribution in [2.24, 2.45) is 0 Å². The molecular weight excluding hydrogens is 378 g/mol. The summed E-state index contributed by atoms with van der Waals surface area (Å²) in [5.74, 6) is 0.901. The van der Waals surface area contributed by atoms with Gasteiger partial charge in [-0.25, -0.2) is 4.68 Å². The minimum absolute atomic E-state index is 0.661. The quantitative estimate of drug-likeness (QED) is 0.438. The molecule has 0 radical (unpaired) electrons. The summed E-state index contributed by atoms with van der Waals surface area (Å²) < 4.78 is 4.76. The summed E-state index contributed by atoms with van der Waals surface area (Å²) in [4.78, 5) is 4.94. The molecule has 1 saturated heterocycles. The lowest BCUT2D eigenvalue weighted by atomic mass is 10.2. The first-order valence-corrected chi connectivity index (χ1v) is 10.5. The summed E-state index contributed by atoms with van der Waals surface area (Å²) in [6, 6.07) is 20.9. The van der Waals surface area contributed by atoms with Gasteiger partial charge in [-0.05, 0) is 17.8 Å². The normalized spacial score (nSPS) is 15.4.